The molecule has 0 radical (unpaired) electrons. The van der Waals surface area contributed by atoms with E-state index in [2.05, 4.69) is 14.9 Å². The van der Waals surface area contributed by atoms with Gasteiger partial charge in [-0.2, -0.15) is 0 Å². The largest absolute Gasteiger partial charge is 0.350 e. The third-order valence-corrected chi connectivity index (χ3v) is 6.82. The van der Waals surface area contributed by atoms with Crippen LogP contribution in [0.25, 0.3) is 6.08 Å². The van der Waals surface area contributed by atoms with E-state index in [0.29, 0.717) is 0 Å². The van der Waals surface area contributed by atoms with Crippen molar-refractivity contribution in [1.82, 2.24) is 14.9 Å². The maximum Gasteiger partial charge on any atom is 0.244 e. The summed E-state index contributed by atoms with van der Waals surface area (Å²) in [5, 5.41) is 3.79. The first kappa shape index (κ1) is 22.5. The first-order valence-corrected chi connectivity index (χ1v) is 11.7. The molecule has 0 saturated carbocycles. The number of amides is 1. The monoisotopic (exact) mass is 447 g/mol. The number of hydrogen-bond donors (Lipinski definition) is 2. The van der Waals surface area contributed by atoms with E-state index in [0.717, 1.165) is 43.1 Å². The van der Waals surface area contributed by atoms with Crippen LogP contribution in [0.1, 0.15) is 24.0 Å². The van der Waals surface area contributed by atoms with Crippen LogP contribution < -0.4 is 10.0 Å². The number of carbonyl (C=O) groups is 1. The second-order valence-corrected chi connectivity index (χ2v) is 9.62. The van der Waals surface area contributed by atoms with Crippen molar-refractivity contribution in [2.24, 2.45) is 0 Å². The third kappa shape index (κ3) is 6.40. The van der Waals surface area contributed by atoms with Crippen molar-refractivity contribution in [2.75, 3.05) is 20.1 Å². The van der Waals surface area contributed by atoms with E-state index in [-0.39, 0.29) is 16.8 Å². The quantitative estimate of drug-likeness (QED) is 0.639. The number of carbonyl (C=O) groups excluding carboxylic acids is 1. The number of rotatable bonds is 7. The van der Waals surface area contributed by atoms with Gasteiger partial charge >= 0.3 is 0 Å². The van der Waals surface area contributed by atoms with E-state index in [9.17, 15) is 13.2 Å². The highest BCUT2D eigenvalue weighted by Gasteiger charge is 2.20. The van der Waals surface area contributed by atoms with Gasteiger partial charge in [0.25, 0.3) is 0 Å². The molecule has 30 heavy (non-hydrogen) atoms. The Morgan fingerprint density at radius 3 is 2.33 bits per heavy atom. The fraction of sp³-hybridized carbons (Fsp3) is 0.318. The van der Waals surface area contributed by atoms with Crippen LogP contribution in [0.5, 0.6) is 0 Å². The number of piperidine rings is 1. The first-order valence-electron chi connectivity index (χ1n) is 9.85. The second-order valence-electron chi connectivity index (χ2n) is 7.30. The number of likely N-dealkylation sites (tertiary alicyclic amines) is 1. The van der Waals surface area contributed by atoms with Gasteiger partial charge in [0.1, 0.15) is 0 Å². The highest BCUT2D eigenvalue weighted by molar-refractivity contribution is 7.89. The van der Waals surface area contributed by atoms with Crippen molar-refractivity contribution in [1.29, 1.82) is 0 Å². The van der Waals surface area contributed by atoms with Crippen LogP contribution >= 0.6 is 11.6 Å². The Balaban J connectivity index is 1.45. The van der Waals surface area contributed by atoms with Crippen LogP contribution in [0.2, 0.25) is 5.02 Å². The Morgan fingerprint density at radius 2 is 1.73 bits per heavy atom. The molecule has 1 amide bonds. The molecule has 1 aliphatic rings. The zero-order valence-corrected chi connectivity index (χ0v) is 18.4. The zero-order chi connectivity index (χ0) is 21.6. The molecule has 0 spiro atoms. The van der Waals surface area contributed by atoms with Crippen molar-refractivity contribution in [3.8, 4) is 0 Å². The Hall–Kier alpha value is -2.19. The molecular weight excluding hydrogens is 422 g/mol. The number of hydrogen-bond acceptors (Lipinski definition) is 4. The Labute approximate surface area is 183 Å². The highest BCUT2D eigenvalue weighted by atomic mass is 35.5. The molecule has 0 aromatic heterocycles. The van der Waals surface area contributed by atoms with E-state index < -0.39 is 10.0 Å². The van der Waals surface area contributed by atoms with Crippen molar-refractivity contribution in [2.45, 2.75) is 30.3 Å². The average Bonchev–Trinajstić information content (AvgIpc) is 2.75. The third-order valence-electron chi connectivity index (χ3n) is 5.14. The molecule has 2 aromatic carbocycles. The molecule has 1 heterocycles. The molecule has 0 aliphatic carbocycles. The summed E-state index contributed by atoms with van der Waals surface area (Å²) in [5.74, 6) is -0.141. The van der Waals surface area contributed by atoms with Gasteiger partial charge in [-0.05, 0) is 61.4 Å². The van der Waals surface area contributed by atoms with Crippen molar-refractivity contribution < 1.29 is 13.2 Å². The van der Waals surface area contributed by atoms with Gasteiger partial charge in [-0.1, -0.05) is 35.9 Å². The van der Waals surface area contributed by atoms with Crippen molar-refractivity contribution in [3.63, 3.8) is 0 Å². The lowest BCUT2D eigenvalue weighted by Gasteiger charge is -2.32. The van der Waals surface area contributed by atoms with Crippen LogP contribution in [-0.4, -0.2) is 45.4 Å². The Kier molecular flexibility index (Phi) is 7.66. The predicted octanol–water partition coefficient (Wildman–Crippen LogP) is 3.04. The van der Waals surface area contributed by atoms with E-state index in [1.54, 1.807) is 18.2 Å². The van der Waals surface area contributed by atoms with Crippen LogP contribution in [0, 0.1) is 0 Å². The normalized spacial score (nSPS) is 16.1. The van der Waals surface area contributed by atoms with Gasteiger partial charge in [0, 0.05) is 36.8 Å². The summed E-state index contributed by atoms with van der Waals surface area (Å²) in [5.41, 5.74) is 2.00. The summed E-state index contributed by atoms with van der Waals surface area (Å²) < 4.78 is 25.7. The Bertz CT molecular complexity index is 981. The molecule has 0 bridgehead atoms. The summed E-state index contributed by atoms with van der Waals surface area (Å²) >= 11 is 5.93. The standard InChI is InChI=1S/C22H26ClN3O3S/c1-24-30(28,29)21-9-4-17(5-10-21)6-11-22(27)25-20-12-14-26(15-13-20)16-18-2-7-19(23)8-3-18/h2-11,20,24H,12-16H2,1H3,(H,25,27)/b11-6+. The summed E-state index contributed by atoms with van der Waals surface area (Å²) in [6.45, 7) is 2.74. The van der Waals surface area contributed by atoms with Gasteiger partial charge in [-0.3, -0.25) is 9.69 Å². The number of nitrogens with zero attached hydrogens (tertiary/aromatic N) is 1. The summed E-state index contributed by atoms with van der Waals surface area (Å²) in [4.78, 5) is 14.8. The molecule has 8 heteroatoms. The van der Waals surface area contributed by atoms with Gasteiger partial charge in [-0.15, -0.1) is 0 Å². The summed E-state index contributed by atoms with van der Waals surface area (Å²) in [6.07, 6.45) is 4.98. The van der Waals surface area contributed by atoms with Gasteiger partial charge < -0.3 is 5.32 Å². The fourth-order valence-corrected chi connectivity index (χ4v) is 4.24. The lowest BCUT2D eigenvalue weighted by molar-refractivity contribution is -0.117. The molecule has 1 saturated heterocycles. The fourth-order valence-electron chi connectivity index (χ4n) is 3.38. The van der Waals surface area contributed by atoms with Crippen LogP contribution in [0.3, 0.4) is 0 Å². The minimum absolute atomic E-state index is 0.141. The molecule has 160 valence electrons. The Morgan fingerprint density at radius 1 is 1.10 bits per heavy atom. The molecule has 3 rings (SSSR count). The number of sulfonamides is 1. The molecule has 2 N–H and O–H groups in total. The van der Waals surface area contributed by atoms with E-state index in [1.165, 1.54) is 30.8 Å². The SMILES string of the molecule is CNS(=O)(=O)c1ccc(/C=C/C(=O)NC2CCN(Cc3ccc(Cl)cc3)CC2)cc1. The van der Waals surface area contributed by atoms with Gasteiger partial charge in [0.15, 0.2) is 0 Å². The minimum Gasteiger partial charge on any atom is -0.350 e. The lowest BCUT2D eigenvalue weighted by atomic mass is 10.0. The number of benzene rings is 2. The van der Waals surface area contributed by atoms with Gasteiger partial charge in [-0.25, -0.2) is 13.1 Å². The van der Waals surface area contributed by atoms with Gasteiger partial charge in [0.2, 0.25) is 15.9 Å². The maximum atomic E-state index is 12.2. The smallest absolute Gasteiger partial charge is 0.244 e. The van der Waals surface area contributed by atoms with E-state index in [4.69, 9.17) is 11.6 Å². The number of nitrogens with one attached hydrogen (secondary N) is 2. The summed E-state index contributed by atoms with van der Waals surface area (Å²) in [7, 11) is -2.08. The first-order chi connectivity index (χ1) is 14.4. The van der Waals surface area contributed by atoms with Crippen LogP contribution in [-0.2, 0) is 21.4 Å². The maximum absolute atomic E-state index is 12.2. The van der Waals surface area contributed by atoms with E-state index >= 15 is 0 Å². The molecule has 0 unspecified atom stereocenters. The topological polar surface area (TPSA) is 78.5 Å². The van der Waals surface area contributed by atoms with E-state index in [1.807, 2.05) is 24.3 Å². The highest BCUT2D eigenvalue weighted by Crippen LogP contribution is 2.16. The molecule has 0 atom stereocenters. The van der Waals surface area contributed by atoms with Crippen molar-refractivity contribution >= 4 is 33.6 Å². The molecule has 1 fully saturated rings. The molecule has 2 aromatic rings. The predicted molar refractivity (Wildman–Crippen MR) is 120 cm³/mol. The van der Waals surface area contributed by atoms with Crippen molar-refractivity contribution in [3.05, 3.63) is 70.8 Å². The van der Waals surface area contributed by atoms with Gasteiger partial charge in [0.05, 0.1) is 4.90 Å². The molecular formula is C22H26ClN3O3S. The second kappa shape index (κ2) is 10.2. The number of halogens is 1. The zero-order valence-electron chi connectivity index (χ0n) is 16.8. The summed E-state index contributed by atoms with van der Waals surface area (Å²) in [6, 6.07) is 14.4. The minimum atomic E-state index is -3.46. The average molecular weight is 448 g/mol. The molecule has 1 aliphatic heterocycles. The lowest BCUT2D eigenvalue weighted by Crippen LogP contribution is -2.43. The van der Waals surface area contributed by atoms with Crippen LogP contribution in [0.15, 0.2) is 59.5 Å². The molecule has 6 nitrogen and oxygen atoms in total. The van der Waals surface area contributed by atoms with Crippen LogP contribution in [0.4, 0.5) is 0 Å².